The number of hydrogen-bond acceptors (Lipinski definition) is 4. The minimum absolute atomic E-state index is 0.339. The topological polar surface area (TPSA) is 52.8 Å². The molecular weight excluding hydrogens is 336 g/mol. The third kappa shape index (κ3) is 3.34. The Bertz CT molecular complexity index is 1000. The van der Waals surface area contributed by atoms with Crippen molar-refractivity contribution in [2.75, 3.05) is 14.2 Å². The Balaban J connectivity index is 2.16. The normalized spacial score (nSPS) is 11.5. The molecule has 0 saturated heterocycles. The van der Waals surface area contributed by atoms with Gasteiger partial charge in [0.25, 0.3) is 5.91 Å². The standard InChI is InChI=1S/C19H18N2O3S/c1-4-11-21-15-10-9-13(23-2)12-17(15)25-19(21)20-18(22)14-7-5-6-8-16(14)24-3/h4-10,12H,1,11H2,2-3H3. The van der Waals surface area contributed by atoms with E-state index in [1.54, 1.807) is 31.4 Å². The van der Waals surface area contributed by atoms with Crippen molar-refractivity contribution in [3.05, 3.63) is 65.5 Å². The van der Waals surface area contributed by atoms with E-state index in [9.17, 15) is 4.79 Å². The maximum atomic E-state index is 12.6. The Hall–Kier alpha value is -2.86. The number of hydrogen-bond donors (Lipinski definition) is 0. The molecule has 0 spiro atoms. The highest BCUT2D eigenvalue weighted by atomic mass is 32.1. The summed E-state index contributed by atoms with van der Waals surface area (Å²) in [5.74, 6) is 0.935. The van der Waals surface area contributed by atoms with E-state index in [-0.39, 0.29) is 5.91 Å². The maximum absolute atomic E-state index is 12.6. The van der Waals surface area contributed by atoms with Crippen LogP contribution in [0.4, 0.5) is 0 Å². The SMILES string of the molecule is C=CCn1c(=NC(=O)c2ccccc2OC)sc2cc(OC)ccc21. The van der Waals surface area contributed by atoms with Crippen molar-refractivity contribution in [1.29, 1.82) is 0 Å². The van der Waals surface area contributed by atoms with E-state index in [1.807, 2.05) is 28.8 Å². The van der Waals surface area contributed by atoms with Gasteiger partial charge >= 0.3 is 0 Å². The van der Waals surface area contributed by atoms with E-state index in [1.165, 1.54) is 18.4 Å². The second-order valence-corrected chi connectivity index (χ2v) is 6.24. The second kappa shape index (κ2) is 7.36. The molecule has 0 saturated carbocycles. The lowest BCUT2D eigenvalue weighted by atomic mass is 10.2. The molecule has 0 N–H and O–H groups in total. The van der Waals surface area contributed by atoms with Gasteiger partial charge in [0.1, 0.15) is 11.5 Å². The Morgan fingerprint density at radius 2 is 2.04 bits per heavy atom. The van der Waals surface area contributed by atoms with E-state index in [2.05, 4.69) is 11.6 Å². The van der Waals surface area contributed by atoms with Gasteiger partial charge in [0, 0.05) is 6.54 Å². The van der Waals surface area contributed by atoms with Gasteiger partial charge in [-0.05, 0) is 30.3 Å². The number of ether oxygens (including phenoxy) is 2. The highest BCUT2D eigenvalue weighted by molar-refractivity contribution is 7.16. The van der Waals surface area contributed by atoms with Gasteiger partial charge in [0.05, 0.1) is 30.0 Å². The number of fused-ring (bicyclic) bond motifs is 1. The van der Waals surface area contributed by atoms with E-state index < -0.39 is 0 Å². The van der Waals surface area contributed by atoms with Crippen molar-refractivity contribution < 1.29 is 14.3 Å². The molecule has 5 nitrogen and oxygen atoms in total. The highest BCUT2D eigenvalue weighted by Crippen LogP contribution is 2.24. The van der Waals surface area contributed by atoms with Gasteiger partial charge < -0.3 is 14.0 Å². The summed E-state index contributed by atoms with van der Waals surface area (Å²) in [6.07, 6.45) is 1.78. The van der Waals surface area contributed by atoms with E-state index >= 15 is 0 Å². The summed E-state index contributed by atoms with van der Waals surface area (Å²) in [4.78, 5) is 17.6. The number of allylic oxidation sites excluding steroid dienone is 1. The smallest absolute Gasteiger partial charge is 0.283 e. The van der Waals surface area contributed by atoms with Crippen LogP contribution in [0.3, 0.4) is 0 Å². The fourth-order valence-electron chi connectivity index (χ4n) is 2.54. The number of rotatable bonds is 5. The van der Waals surface area contributed by atoms with Crippen LogP contribution < -0.4 is 14.3 Å². The number of benzene rings is 2. The van der Waals surface area contributed by atoms with Gasteiger partial charge in [-0.15, -0.1) is 6.58 Å². The predicted octanol–water partition coefficient (Wildman–Crippen LogP) is 3.65. The van der Waals surface area contributed by atoms with Crippen LogP contribution in [0.25, 0.3) is 10.2 Å². The first-order valence-corrected chi connectivity index (χ1v) is 8.50. The number of carbonyl (C=O) groups excluding carboxylic acids is 1. The van der Waals surface area contributed by atoms with Gasteiger partial charge in [-0.3, -0.25) is 4.79 Å². The molecule has 0 aliphatic heterocycles. The molecule has 1 amide bonds. The summed E-state index contributed by atoms with van der Waals surface area (Å²) >= 11 is 1.44. The van der Waals surface area contributed by atoms with Gasteiger partial charge in [0.15, 0.2) is 4.80 Å². The fraction of sp³-hybridized carbons (Fsp3) is 0.158. The number of methoxy groups -OCH3 is 2. The van der Waals surface area contributed by atoms with Crippen LogP contribution in [0.5, 0.6) is 11.5 Å². The molecular formula is C19H18N2O3S. The summed E-state index contributed by atoms with van der Waals surface area (Å²) in [6, 6.07) is 12.8. The van der Waals surface area contributed by atoms with E-state index in [4.69, 9.17) is 9.47 Å². The van der Waals surface area contributed by atoms with Crippen LogP contribution in [-0.2, 0) is 6.54 Å². The molecule has 3 aromatic rings. The molecule has 0 atom stereocenters. The molecule has 1 heterocycles. The molecule has 0 fully saturated rings. The number of carbonyl (C=O) groups is 1. The molecule has 0 unspecified atom stereocenters. The molecule has 1 aromatic heterocycles. The van der Waals surface area contributed by atoms with Gasteiger partial charge in [-0.25, -0.2) is 0 Å². The number of aromatic nitrogens is 1. The van der Waals surface area contributed by atoms with Crippen molar-refractivity contribution in [1.82, 2.24) is 4.57 Å². The van der Waals surface area contributed by atoms with E-state index in [0.717, 1.165) is 16.0 Å². The van der Waals surface area contributed by atoms with Crippen LogP contribution in [0.1, 0.15) is 10.4 Å². The first-order chi connectivity index (χ1) is 12.2. The van der Waals surface area contributed by atoms with Gasteiger partial charge in [-0.1, -0.05) is 29.5 Å². The number of thiazole rings is 1. The Morgan fingerprint density at radius 3 is 2.76 bits per heavy atom. The summed E-state index contributed by atoms with van der Waals surface area (Å²) in [5, 5.41) is 0. The Kier molecular flexibility index (Phi) is 5.00. The molecule has 6 heteroatoms. The minimum atomic E-state index is -0.339. The molecule has 0 aliphatic carbocycles. The summed E-state index contributed by atoms with van der Waals surface area (Å²) in [7, 11) is 3.17. The zero-order valence-electron chi connectivity index (χ0n) is 14.1. The largest absolute Gasteiger partial charge is 0.497 e. The van der Waals surface area contributed by atoms with Crippen molar-refractivity contribution in [3.8, 4) is 11.5 Å². The molecule has 3 rings (SSSR count). The molecule has 0 radical (unpaired) electrons. The Labute approximate surface area is 149 Å². The summed E-state index contributed by atoms with van der Waals surface area (Å²) in [6.45, 7) is 4.35. The lowest BCUT2D eigenvalue weighted by molar-refractivity contribution is 0.0995. The quantitative estimate of drug-likeness (QED) is 0.657. The summed E-state index contributed by atoms with van der Waals surface area (Å²) < 4.78 is 13.5. The average molecular weight is 354 g/mol. The molecule has 128 valence electrons. The first kappa shape index (κ1) is 17.0. The predicted molar refractivity (Wildman–Crippen MR) is 99.5 cm³/mol. The average Bonchev–Trinajstić information content (AvgIpc) is 2.98. The number of para-hydroxylation sites is 1. The molecule has 2 aromatic carbocycles. The second-order valence-electron chi connectivity index (χ2n) is 5.23. The molecule has 0 bridgehead atoms. The van der Waals surface area contributed by atoms with Gasteiger partial charge in [-0.2, -0.15) is 4.99 Å². The number of amides is 1. The van der Waals surface area contributed by atoms with E-state index in [0.29, 0.717) is 22.7 Å². The zero-order valence-corrected chi connectivity index (χ0v) is 14.9. The first-order valence-electron chi connectivity index (χ1n) is 7.68. The molecule has 25 heavy (non-hydrogen) atoms. The zero-order chi connectivity index (χ0) is 17.8. The fourth-order valence-corrected chi connectivity index (χ4v) is 3.61. The van der Waals surface area contributed by atoms with Crippen LogP contribution in [0.15, 0.2) is 60.1 Å². The van der Waals surface area contributed by atoms with Crippen LogP contribution in [0.2, 0.25) is 0 Å². The maximum Gasteiger partial charge on any atom is 0.283 e. The summed E-state index contributed by atoms with van der Waals surface area (Å²) in [5.41, 5.74) is 1.42. The van der Waals surface area contributed by atoms with Crippen molar-refractivity contribution in [2.24, 2.45) is 4.99 Å². The monoisotopic (exact) mass is 354 g/mol. The number of nitrogens with zero attached hydrogens (tertiary/aromatic N) is 2. The lowest BCUT2D eigenvalue weighted by Gasteiger charge is -2.04. The van der Waals surface area contributed by atoms with Crippen LogP contribution in [-0.4, -0.2) is 24.7 Å². The third-order valence-electron chi connectivity index (χ3n) is 3.74. The van der Waals surface area contributed by atoms with Crippen molar-refractivity contribution in [2.45, 2.75) is 6.54 Å². The third-order valence-corrected chi connectivity index (χ3v) is 4.78. The van der Waals surface area contributed by atoms with Gasteiger partial charge in [0.2, 0.25) is 0 Å². The minimum Gasteiger partial charge on any atom is -0.497 e. The highest BCUT2D eigenvalue weighted by Gasteiger charge is 2.12. The van der Waals surface area contributed by atoms with Crippen molar-refractivity contribution in [3.63, 3.8) is 0 Å². The molecule has 0 aliphatic rings. The van der Waals surface area contributed by atoms with Crippen LogP contribution >= 0.6 is 11.3 Å². The van der Waals surface area contributed by atoms with Crippen LogP contribution in [0, 0.1) is 0 Å². The van der Waals surface area contributed by atoms with Crippen molar-refractivity contribution >= 4 is 27.5 Å². The Morgan fingerprint density at radius 1 is 1.24 bits per heavy atom. The lowest BCUT2D eigenvalue weighted by Crippen LogP contribution is -2.16.